The molecule has 0 bridgehead atoms. The van der Waals surface area contributed by atoms with Crippen molar-refractivity contribution < 1.29 is 14.6 Å². The van der Waals surface area contributed by atoms with E-state index in [1.165, 1.54) is 12.8 Å². The highest BCUT2D eigenvalue weighted by Crippen LogP contribution is 2.27. The summed E-state index contributed by atoms with van der Waals surface area (Å²) in [4.78, 5) is 13.1. The normalized spacial score (nSPS) is 14.8. The molecule has 0 saturated heterocycles. The van der Waals surface area contributed by atoms with Gasteiger partial charge in [-0.2, -0.15) is 0 Å². The van der Waals surface area contributed by atoms with Crippen molar-refractivity contribution in [1.82, 2.24) is 4.90 Å². The minimum atomic E-state index is -0.935. The number of likely N-dealkylation sites (N-methyl/N-ethyl adjacent to an activating group) is 1. The molecule has 0 amide bonds. The van der Waals surface area contributed by atoms with E-state index < -0.39 is 5.97 Å². The summed E-state index contributed by atoms with van der Waals surface area (Å²) in [6.45, 7) is 1.50. The zero-order valence-corrected chi connectivity index (χ0v) is 11.8. The van der Waals surface area contributed by atoms with E-state index >= 15 is 0 Å². The molecule has 0 heterocycles. The van der Waals surface area contributed by atoms with Crippen LogP contribution in [0.2, 0.25) is 0 Å². The number of hydrogen-bond acceptors (Lipinski definition) is 3. The molecule has 0 spiro atoms. The topological polar surface area (TPSA) is 49.8 Å². The lowest BCUT2D eigenvalue weighted by molar-refractivity contribution is 0.0697. The summed E-state index contributed by atoms with van der Waals surface area (Å²) >= 11 is 3.32. The summed E-state index contributed by atoms with van der Waals surface area (Å²) < 4.78 is 6.32. The lowest BCUT2D eigenvalue weighted by Gasteiger charge is -2.16. The van der Waals surface area contributed by atoms with Gasteiger partial charge in [0.25, 0.3) is 0 Å². The molecule has 0 aromatic heterocycles. The van der Waals surface area contributed by atoms with Crippen molar-refractivity contribution in [2.24, 2.45) is 0 Å². The highest BCUT2D eigenvalue weighted by molar-refractivity contribution is 9.10. The third-order valence-electron chi connectivity index (χ3n) is 3.05. The monoisotopic (exact) mass is 313 g/mol. The lowest BCUT2D eigenvalue weighted by atomic mass is 10.2. The van der Waals surface area contributed by atoms with Crippen LogP contribution in [-0.2, 0) is 0 Å². The minimum Gasteiger partial charge on any atom is -0.491 e. The number of aromatic carboxylic acids is 1. The van der Waals surface area contributed by atoms with Gasteiger partial charge in [-0.3, -0.25) is 0 Å². The summed E-state index contributed by atoms with van der Waals surface area (Å²) in [6, 6.07) is 5.52. The summed E-state index contributed by atoms with van der Waals surface area (Å²) in [5, 5.41) is 8.85. The Morgan fingerprint density at radius 2 is 2.28 bits per heavy atom. The Morgan fingerprint density at radius 3 is 2.83 bits per heavy atom. The first-order valence-corrected chi connectivity index (χ1v) is 6.73. The number of benzene rings is 1. The van der Waals surface area contributed by atoms with Crippen LogP contribution in [-0.4, -0.2) is 42.2 Å². The Morgan fingerprint density at radius 1 is 1.56 bits per heavy atom. The molecule has 1 fully saturated rings. The number of nitrogens with zero attached hydrogens (tertiary/aromatic N) is 1. The number of hydrogen-bond donors (Lipinski definition) is 1. The van der Waals surface area contributed by atoms with Crippen LogP contribution in [0.1, 0.15) is 23.2 Å². The Balaban J connectivity index is 1.86. The molecule has 98 valence electrons. The number of ether oxygens (including phenoxy) is 1. The number of halogens is 1. The summed E-state index contributed by atoms with van der Waals surface area (Å²) in [6.07, 6.45) is 2.57. The van der Waals surface area contributed by atoms with Gasteiger partial charge >= 0.3 is 5.97 Å². The van der Waals surface area contributed by atoms with Crippen LogP contribution in [0.4, 0.5) is 0 Å². The van der Waals surface area contributed by atoms with Gasteiger partial charge in [0.15, 0.2) is 0 Å². The third-order valence-corrected chi connectivity index (χ3v) is 3.67. The highest BCUT2D eigenvalue weighted by atomic mass is 79.9. The van der Waals surface area contributed by atoms with Gasteiger partial charge in [0.2, 0.25) is 0 Å². The van der Waals surface area contributed by atoms with Crippen LogP contribution in [0.3, 0.4) is 0 Å². The smallest absolute Gasteiger partial charge is 0.335 e. The van der Waals surface area contributed by atoms with Crippen LogP contribution >= 0.6 is 15.9 Å². The summed E-state index contributed by atoms with van der Waals surface area (Å²) in [5.74, 6) is -0.250. The van der Waals surface area contributed by atoms with Crippen molar-refractivity contribution in [2.75, 3.05) is 20.2 Å². The summed E-state index contributed by atoms with van der Waals surface area (Å²) in [5.41, 5.74) is 0.254. The average Bonchev–Trinajstić information content (AvgIpc) is 3.14. The third kappa shape index (κ3) is 3.46. The number of carboxylic acid groups (broad SMARTS) is 1. The Kier molecular flexibility index (Phi) is 4.24. The maximum absolute atomic E-state index is 10.8. The predicted octanol–water partition coefficient (Wildman–Crippen LogP) is 2.62. The van der Waals surface area contributed by atoms with E-state index in [0.29, 0.717) is 16.8 Å². The molecule has 0 unspecified atom stereocenters. The van der Waals surface area contributed by atoms with Crippen LogP contribution in [0.25, 0.3) is 0 Å². The van der Waals surface area contributed by atoms with Crippen molar-refractivity contribution >= 4 is 21.9 Å². The van der Waals surface area contributed by atoms with Gasteiger partial charge in [0.05, 0.1) is 10.0 Å². The van der Waals surface area contributed by atoms with E-state index in [1.807, 2.05) is 0 Å². The van der Waals surface area contributed by atoms with Gasteiger partial charge in [-0.05, 0) is 54.0 Å². The average molecular weight is 314 g/mol. The molecule has 1 saturated carbocycles. The molecule has 1 aromatic carbocycles. The van der Waals surface area contributed by atoms with Crippen LogP contribution < -0.4 is 4.74 Å². The van der Waals surface area contributed by atoms with Gasteiger partial charge in [0, 0.05) is 12.6 Å². The fourth-order valence-corrected chi connectivity index (χ4v) is 2.24. The van der Waals surface area contributed by atoms with Crippen molar-refractivity contribution in [3.63, 3.8) is 0 Å². The quantitative estimate of drug-likeness (QED) is 0.877. The highest BCUT2D eigenvalue weighted by Gasteiger charge is 2.25. The Bertz CT molecular complexity index is 446. The molecule has 2 rings (SSSR count). The second-order valence-electron chi connectivity index (χ2n) is 4.51. The molecule has 4 nitrogen and oxygen atoms in total. The molecule has 5 heteroatoms. The van der Waals surface area contributed by atoms with Crippen LogP contribution in [0.5, 0.6) is 5.75 Å². The first-order chi connectivity index (χ1) is 8.58. The molecule has 1 aromatic rings. The number of carboxylic acids is 1. The molecule has 0 atom stereocenters. The fourth-order valence-electron chi connectivity index (χ4n) is 1.75. The van der Waals surface area contributed by atoms with E-state index in [9.17, 15) is 4.79 Å². The SMILES string of the molecule is CN(CCOc1ccc(C(=O)O)cc1Br)C1CC1. The van der Waals surface area contributed by atoms with Crippen molar-refractivity contribution in [1.29, 1.82) is 0 Å². The van der Waals surface area contributed by atoms with E-state index in [1.54, 1.807) is 18.2 Å². The van der Waals surface area contributed by atoms with E-state index in [0.717, 1.165) is 12.6 Å². The zero-order chi connectivity index (χ0) is 13.1. The lowest BCUT2D eigenvalue weighted by Crippen LogP contribution is -2.26. The van der Waals surface area contributed by atoms with Gasteiger partial charge in [-0.15, -0.1) is 0 Å². The first-order valence-electron chi connectivity index (χ1n) is 5.94. The standard InChI is InChI=1S/C13H16BrNO3/c1-15(10-3-4-10)6-7-18-12-5-2-9(13(16)17)8-11(12)14/h2,5,8,10H,3-4,6-7H2,1H3,(H,16,17). The molecular weight excluding hydrogens is 298 g/mol. The van der Waals surface area contributed by atoms with Gasteiger partial charge in [-0.1, -0.05) is 0 Å². The Labute approximate surface area is 115 Å². The van der Waals surface area contributed by atoms with Crippen molar-refractivity contribution in [3.05, 3.63) is 28.2 Å². The van der Waals surface area contributed by atoms with Crippen LogP contribution in [0.15, 0.2) is 22.7 Å². The van der Waals surface area contributed by atoms with E-state index in [4.69, 9.17) is 9.84 Å². The maximum atomic E-state index is 10.8. The van der Waals surface area contributed by atoms with Gasteiger partial charge < -0.3 is 14.7 Å². The van der Waals surface area contributed by atoms with Crippen LogP contribution in [0, 0.1) is 0 Å². The second-order valence-corrected chi connectivity index (χ2v) is 5.36. The number of rotatable bonds is 6. The fraction of sp³-hybridized carbons (Fsp3) is 0.462. The number of carbonyl (C=O) groups is 1. The molecule has 1 N–H and O–H groups in total. The molecular formula is C13H16BrNO3. The first kappa shape index (κ1) is 13.4. The van der Waals surface area contributed by atoms with E-state index in [-0.39, 0.29) is 5.56 Å². The minimum absolute atomic E-state index is 0.254. The zero-order valence-electron chi connectivity index (χ0n) is 10.2. The maximum Gasteiger partial charge on any atom is 0.335 e. The molecule has 0 radical (unpaired) electrons. The largest absolute Gasteiger partial charge is 0.491 e. The molecule has 0 aliphatic heterocycles. The van der Waals surface area contributed by atoms with Crippen molar-refractivity contribution in [2.45, 2.75) is 18.9 Å². The predicted molar refractivity (Wildman–Crippen MR) is 72.2 cm³/mol. The van der Waals surface area contributed by atoms with Crippen molar-refractivity contribution in [3.8, 4) is 5.75 Å². The summed E-state index contributed by atoms with van der Waals surface area (Å²) in [7, 11) is 2.10. The second kappa shape index (κ2) is 5.71. The van der Waals surface area contributed by atoms with E-state index in [2.05, 4.69) is 27.9 Å². The Hall–Kier alpha value is -1.07. The van der Waals surface area contributed by atoms with Gasteiger partial charge in [-0.25, -0.2) is 4.79 Å². The molecule has 1 aliphatic rings. The molecule has 1 aliphatic carbocycles. The molecule has 18 heavy (non-hydrogen) atoms. The van der Waals surface area contributed by atoms with Gasteiger partial charge in [0.1, 0.15) is 12.4 Å².